The van der Waals surface area contributed by atoms with Gasteiger partial charge in [-0.15, -0.1) is 0 Å². The summed E-state index contributed by atoms with van der Waals surface area (Å²) in [4.78, 5) is 4.34. The number of hydrogen-bond donors (Lipinski definition) is 1. The van der Waals surface area contributed by atoms with Gasteiger partial charge in [-0.2, -0.15) is 0 Å². The second kappa shape index (κ2) is 4.39. The molecule has 0 radical (unpaired) electrons. The van der Waals surface area contributed by atoms with Gasteiger partial charge < -0.3 is 5.73 Å². The fraction of sp³-hybridized carbons (Fsp3) is 0.308. The van der Waals surface area contributed by atoms with Gasteiger partial charge >= 0.3 is 0 Å². The number of nitrogens with two attached hydrogens (primary N) is 1. The maximum Gasteiger partial charge on any atom is 0.205 e. The molecular weight excluding hydrogens is 198 g/mol. The lowest BCUT2D eigenvalue weighted by atomic mass is 10.2. The van der Waals surface area contributed by atoms with E-state index in [1.54, 1.807) is 0 Å². The average molecular weight is 215 g/mol. The first-order chi connectivity index (χ1) is 7.72. The Balaban J connectivity index is 2.48. The zero-order valence-electron chi connectivity index (χ0n) is 9.77. The molecule has 0 unspecified atom stereocenters. The lowest BCUT2D eigenvalue weighted by molar-refractivity contribution is 0.957. The fourth-order valence-electron chi connectivity index (χ4n) is 1.73. The smallest absolute Gasteiger partial charge is 0.205 e. The molecule has 0 bridgehead atoms. The van der Waals surface area contributed by atoms with Crippen molar-refractivity contribution in [1.82, 2.24) is 9.55 Å². The molecular formula is C13H17N3. The van der Waals surface area contributed by atoms with Gasteiger partial charge in [0.1, 0.15) is 0 Å². The number of hydrogen-bond acceptors (Lipinski definition) is 2. The number of nitrogens with zero attached hydrogens (tertiary/aromatic N) is 2. The quantitative estimate of drug-likeness (QED) is 0.854. The number of imidazole rings is 1. The van der Waals surface area contributed by atoms with Crippen molar-refractivity contribution in [1.29, 1.82) is 0 Å². The number of anilines is 1. The zero-order valence-corrected chi connectivity index (χ0v) is 9.77. The minimum absolute atomic E-state index is 0.549. The summed E-state index contributed by atoms with van der Waals surface area (Å²) in [6.07, 6.45) is 6.33. The van der Waals surface area contributed by atoms with E-state index in [2.05, 4.69) is 43.1 Å². The van der Waals surface area contributed by atoms with Crippen molar-refractivity contribution in [2.45, 2.75) is 26.7 Å². The largest absolute Gasteiger partial charge is 0.369 e. The summed E-state index contributed by atoms with van der Waals surface area (Å²) < 4.78 is 1.93. The first-order valence-electron chi connectivity index (χ1n) is 5.63. The van der Waals surface area contributed by atoms with Crippen LogP contribution in [0.1, 0.15) is 25.3 Å². The van der Waals surface area contributed by atoms with Crippen molar-refractivity contribution >= 4 is 23.2 Å². The Morgan fingerprint density at radius 3 is 3.00 bits per heavy atom. The summed E-state index contributed by atoms with van der Waals surface area (Å²) in [6, 6.07) is 6.19. The van der Waals surface area contributed by atoms with Crippen LogP contribution in [-0.4, -0.2) is 9.55 Å². The number of rotatable bonds is 3. The van der Waals surface area contributed by atoms with Crippen LogP contribution in [0, 0.1) is 6.92 Å². The second-order valence-electron chi connectivity index (χ2n) is 4.01. The van der Waals surface area contributed by atoms with E-state index in [9.17, 15) is 0 Å². The van der Waals surface area contributed by atoms with E-state index in [0.29, 0.717) is 5.95 Å². The van der Waals surface area contributed by atoms with E-state index in [-0.39, 0.29) is 0 Å². The average Bonchev–Trinajstić information content (AvgIpc) is 2.55. The molecule has 0 spiro atoms. The summed E-state index contributed by atoms with van der Waals surface area (Å²) in [7, 11) is 0. The number of benzene rings is 1. The van der Waals surface area contributed by atoms with Crippen LogP contribution < -0.4 is 5.73 Å². The summed E-state index contributed by atoms with van der Waals surface area (Å²) in [5.74, 6) is 0.549. The minimum Gasteiger partial charge on any atom is -0.369 e. The molecule has 0 atom stereocenters. The molecule has 2 N–H and O–H groups in total. The van der Waals surface area contributed by atoms with Crippen molar-refractivity contribution in [3.63, 3.8) is 0 Å². The Bertz CT molecular complexity index is 523. The standard InChI is InChI=1S/C13H17N3/c1-3-4-5-8-16-12-7-6-10(2)9-11(12)15-13(16)14/h5-9H,3-4H2,1-2H3,(H2,14,15)/b8-5-. The predicted molar refractivity (Wildman–Crippen MR) is 69.1 cm³/mol. The molecule has 0 saturated heterocycles. The molecule has 3 nitrogen and oxygen atoms in total. The van der Waals surface area contributed by atoms with E-state index in [4.69, 9.17) is 5.73 Å². The van der Waals surface area contributed by atoms with E-state index in [1.807, 2.05) is 10.8 Å². The summed E-state index contributed by atoms with van der Waals surface area (Å²) in [5.41, 5.74) is 9.11. The van der Waals surface area contributed by atoms with Crippen LogP contribution in [-0.2, 0) is 0 Å². The lowest BCUT2D eigenvalue weighted by Crippen LogP contribution is -1.95. The summed E-state index contributed by atoms with van der Waals surface area (Å²) in [5, 5.41) is 0. The molecule has 16 heavy (non-hydrogen) atoms. The maximum absolute atomic E-state index is 5.89. The van der Waals surface area contributed by atoms with Crippen molar-refractivity contribution in [3.8, 4) is 0 Å². The fourth-order valence-corrected chi connectivity index (χ4v) is 1.73. The predicted octanol–water partition coefficient (Wildman–Crippen LogP) is 3.20. The molecule has 1 heterocycles. The molecule has 0 aliphatic heterocycles. The maximum atomic E-state index is 5.89. The molecule has 2 aromatic rings. The highest BCUT2D eigenvalue weighted by Crippen LogP contribution is 2.19. The Morgan fingerprint density at radius 1 is 1.44 bits per heavy atom. The van der Waals surface area contributed by atoms with Gasteiger partial charge in [0.15, 0.2) is 0 Å². The van der Waals surface area contributed by atoms with Crippen molar-refractivity contribution in [2.24, 2.45) is 0 Å². The van der Waals surface area contributed by atoms with Gasteiger partial charge in [-0.05, 0) is 31.0 Å². The topological polar surface area (TPSA) is 43.8 Å². The molecule has 0 saturated carbocycles. The number of aryl methyl sites for hydroxylation is 1. The highest BCUT2D eigenvalue weighted by atomic mass is 15.1. The van der Waals surface area contributed by atoms with Crippen LogP contribution in [0.5, 0.6) is 0 Å². The highest BCUT2D eigenvalue weighted by Gasteiger charge is 2.04. The van der Waals surface area contributed by atoms with E-state index >= 15 is 0 Å². The number of unbranched alkanes of at least 4 members (excludes halogenated alkanes) is 1. The van der Waals surface area contributed by atoms with Crippen molar-refractivity contribution in [3.05, 3.63) is 29.8 Å². The van der Waals surface area contributed by atoms with Crippen LogP contribution in [0.15, 0.2) is 24.3 Å². The summed E-state index contributed by atoms with van der Waals surface area (Å²) in [6.45, 7) is 4.21. The van der Waals surface area contributed by atoms with Gasteiger partial charge in [-0.25, -0.2) is 4.98 Å². The van der Waals surface area contributed by atoms with Crippen LogP contribution in [0.25, 0.3) is 17.2 Å². The minimum atomic E-state index is 0.549. The van der Waals surface area contributed by atoms with E-state index in [0.717, 1.165) is 23.9 Å². The van der Waals surface area contributed by atoms with Gasteiger partial charge in [0.2, 0.25) is 5.95 Å². The van der Waals surface area contributed by atoms with Gasteiger partial charge in [0.05, 0.1) is 11.0 Å². The summed E-state index contributed by atoms with van der Waals surface area (Å²) >= 11 is 0. The SMILES string of the molecule is CCC/C=C\n1c(N)nc2cc(C)ccc21. The molecule has 0 aliphatic carbocycles. The molecule has 0 fully saturated rings. The number of nitrogen functional groups attached to an aromatic ring is 1. The second-order valence-corrected chi connectivity index (χ2v) is 4.01. The monoisotopic (exact) mass is 215 g/mol. The van der Waals surface area contributed by atoms with Gasteiger partial charge in [-0.1, -0.05) is 25.5 Å². The lowest BCUT2D eigenvalue weighted by Gasteiger charge is -1.98. The molecule has 3 heteroatoms. The molecule has 0 amide bonds. The van der Waals surface area contributed by atoms with E-state index < -0.39 is 0 Å². The van der Waals surface area contributed by atoms with Crippen LogP contribution in [0.4, 0.5) is 5.95 Å². The van der Waals surface area contributed by atoms with Crippen LogP contribution >= 0.6 is 0 Å². The van der Waals surface area contributed by atoms with Crippen molar-refractivity contribution < 1.29 is 0 Å². The molecule has 1 aromatic carbocycles. The van der Waals surface area contributed by atoms with Crippen molar-refractivity contribution in [2.75, 3.05) is 5.73 Å². The molecule has 1 aromatic heterocycles. The first-order valence-corrected chi connectivity index (χ1v) is 5.63. The third-order valence-corrected chi connectivity index (χ3v) is 2.58. The van der Waals surface area contributed by atoms with Crippen LogP contribution in [0.3, 0.4) is 0 Å². The third-order valence-electron chi connectivity index (χ3n) is 2.58. The van der Waals surface area contributed by atoms with Gasteiger partial charge in [0, 0.05) is 6.20 Å². The molecule has 84 valence electrons. The Hall–Kier alpha value is -1.77. The Labute approximate surface area is 95.6 Å². The van der Waals surface area contributed by atoms with E-state index in [1.165, 1.54) is 5.56 Å². The highest BCUT2D eigenvalue weighted by molar-refractivity contribution is 5.81. The Morgan fingerprint density at radius 2 is 2.25 bits per heavy atom. The van der Waals surface area contributed by atoms with Crippen LogP contribution in [0.2, 0.25) is 0 Å². The number of aromatic nitrogens is 2. The molecule has 0 aliphatic rings. The van der Waals surface area contributed by atoms with Gasteiger partial charge in [-0.3, -0.25) is 4.57 Å². The Kier molecular flexibility index (Phi) is 2.95. The zero-order chi connectivity index (χ0) is 11.5. The number of fused-ring (bicyclic) bond motifs is 1. The van der Waals surface area contributed by atoms with Gasteiger partial charge in [0.25, 0.3) is 0 Å². The third kappa shape index (κ3) is 1.94. The normalized spacial score (nSPS) is 11.6. The number of allylic oxidation sites excluding steroid dienone is 1. The first kappa shape index (κ1) is 10.7. The molecule has 2 rings (SSSR count).